The van der Waals surface area contributed by atoms with Gasteiger partial charge < -0.3 is 15.0 Å². The smallest absolute Gasteiger partial charge is 0.141 e. The zero-order valence-corrected chi connectivity index (χ0v) is 14.5. The number of H-pyrrole nitrogens is 1. The van der Waals surface area contributed by atoms with E-state index in [0.717, 1.165) is 29.7 Å². The maximum atomic E-state index is 6.04. The molecule has 2 heterocycles. The number of ether oxygens (including phenoxy) is 1. The summed E-state index contributed by atoms with van der Waals surface area (Å²) in [4.78, 5) is 7.79. The highest BCUT2D eigenvalue weighted by Crippen LogP contribution is 2.37. The maximum absolute atomic E-state index is 6.04. The van der Waals surface area contributed by atoms with Crippen LogP contribution in [-0.2, 0) is 0 Å². The number of hydrogen-bond acceptors (Lipinski definition) is 3. The maximum Gasteiger partial charge on any atom is 0.141 e. The fourth-order valence-electron chi connectivity index (χ4n) is 3.15. The first-order valence-corrected chi connectivity index (χ1v) is 8.53. The number of hydrogen-bond donors (Lipinski definition) is 2. The van der Waals surface area contributed by atoms with Crippen LogP contribution in [0.5, 0.6) is 5.75 Å². The van der Waals surface area contributed by atoms with Crippen LogP contribution in [0.25, 0.3) is 11.0 Å². The van der Waals surface area contributed by atoms with Crippen molar-refractivity contribution in [3.63, 3.8) is 0 Å². The van der Waals surface area contributed by atoms with E-state index < -0.39 is 0 Å². The van der Waals surface area contributed by atoms with Gasteiger partial charge in [0, 0.05) is 18.3 Å². The lowest BCUT2D eigenvalue weighted by molar-refractivity contribution is 0.245. The molecule has 24 heavy (non-hydrogen) atoms. The molecule has 0 radical (unpaired) electrons. The van der Waals surface area contributed by atoms with E-state index >= 15 is 0 Å². The van der Waals surface area contributed by atoms with Crippen LogP contribution in [0.3, 0.4) is 0 Å². The molecule has 2 aromatic heterocycles. The van der Waals surface area contributed by atoms with E-state index in [2.05, 4.69) is 51.8 Å². The lowest BCUT2D eigenvalue weighted by Gasteiger charge is -2.19. The van der Waals surface area contributed by atoms with Crippen molar-refractivity contribution in [2.75, 3.05) is 13.6 Å². The second-order valence-corrected chi connectivity index (χ2v) is 6.30. The van der Waals surface area contributed by atoms with Crippen LogP contribution in [0.2, 0.25) is 0 Å². The zero-order valence-electron chi connectivity index (χ0n) is 14.5. The molecule has 3 rings (SSSR count). The molecule has 0 aliphatic rings. The summed E-state index contributed by atoms with van der Waals surface area (Å²) in [6.45, 7) is 5.05. The number of nitrogens with one attached hydrogen (secondary N) is 2. The topological polar surface area (TPSA) is 49.9 Å². The minimum Gasteiger partial charge on any atom is -0.490 e. The van der Waals surface area contributed by atoms with Crippen LogP contribution in [0.1, 0.15) is 37.3 Å². The fourth-order valence-corrected chi connectivity index (χ4v) is 3.15. The predicted octanol–water partition coefficient (Wildman–Crippen LogP) is 4.09. The molecule has 4 nitrogen and oxygen atoms in total. The SMILES string of the molecule is CNCCC(c1ccccc1)c1c[nH]c2nccc(OC(C)C)c12. The van der Waals surface area contributed by atoms with Crippen molar-refractivity contribution in [1.82, 2.24) is 15.3 Å². The number of rotatable bonds is 7. The lowest BCUT2D eigenvalue weighted by atomic mass is 9.88. The lowest BCUT2D eigenvalue weighted by Crippen LogP contribution is -2.13. The number of aromatic nitrogens is 2. The molecule has 0 saturated carbocycles. The Morgan fingerprint density at radius 1 is 1.17 bits per heavy atom. The molecule has 0 aliphatic carbocycles. The van der Waals surface area contributed by atoms with E-state index in [4.69, 9.17) is 4.74 Å². The Morgan fingerprint density at radius 3 is 2.67 bits per heavy atom. The number of fused-ring (bicyclic) bond motifs is 1. The minimum atomic E-state index is 0.130. The standard InChI is InChI=1S/C20H25N3O/c1-14(2)24-18-10-12-22-20-19(18)17(13-23-20)16(9-11-21-3)15-7-5-4-6-8-15/h4-8,10,12-14,16,21H,9,11H2,1-3H3,(H,22,23). The monoisotopic (exact) mass is 323 g/mol. The summed E-state index contributed by atoms with van der Waals surface area (Å²) in [6, 6.07) is 12.6. The third-order valence-electron chi connectivity index (χ3n) is 4.19. The molecule has 0 saturated heterocycles. The van der Waals surface area contributed by atoms with Gasteiger partial charge >= 0.3 is 0 Å². The van der Waals surface area contributed by atoms with Crippen molar-refractivity contribution in [2.24, 2.45) is 0 Å². The molecule has 3 aromatic rings. The Hall–Kier alpha value is -2.33. The first kappa shape index (κ1) is 16.5. The molecule has 1 aromatic carbocycles. The van der Waals surface area contributed by atoms with Gasteiger partial charge in [0.2, 0.25) is 0 Å². The summed E-state index contributed by atoms with van der Waals surface area (Å²) in [5.41, 5.74) is 3.44. The Kier molecular flexibility index (Phi) is 5.16. The van der Waals surface area contributed by atoms with Crippen LogP contribution >= 0.6 is 0 Å². The largest absolute Gasteiger partial charge is 0.490 e. The summed E-state index contributed by atoms with van der Waals surface area (Å²) in [5, 5.41) is 4.36. The summed E-state index contributed by atoms with van der Waals surface area (Å²) in [5.74, 6) is 1.20. The van der Waals surface area contributed by atoms with Crippen molar-refractivity contribution in [2.45, 2.75) is 32.3 Å². The van der Waals surface area contributed by atoms with E-state index in [1.54, 1.807) is 6.20 Å². The molecule has 1 atom stereocenters. The number of pyridine rings is 1. The van der Waals surface area contributed by atoms with Gasteiger partial charge in [0.25, 0.3) is 0 Å². The van der Waals surface area contributed by atoms with Gasteiger partial charge in [-0.2, -0.15) is 0 Å². The average Bonchev–Trinajstić information content (AvgIpc) is 3.01. The second-order valence-electron chi connectivity index (χ2n) is 6.30. The third kappa shape index (κ3) is 3.44. The summed E-state index contributed by atoms with van der Waals surface area (Å²) < 4.78 is 6.04. The van der Waals surface area contributed by atoms with Crippen LogP contribution in [-0.4, -0.2) is 29.7 Å². The molecule has 2 N–H and O–H groups in total. The number of aromatic amines is 1. The summed E-state index contributed by atoms with van der Waals surface area (Å²) in [7, 11) is 1.99. The second kappa shape index (κ2) is 7.49. The highest BCUT2D eigenvalue weighted by Gasteiger charge is 2.21. The van der Waals surface area contributed by atoms with Crippen LogP contribution in [0.15, 0.2) is 48.8 Å². The Morgan fingerprint density at radius 2 is 1.96 bits per heavy atom. The highest BCUT2D eigenvalue weighted by molar-refractivity contribution is 5.87. The Bertz CT molecular complexity index is 780. The normalized spacial score (nSPS) is 12.7. The fraction of sp³-hybridized carbons (Fsp3) is 0.350. The van der Waals surface area contributed by atoms with Crippen molar-refractivity contribution in [3.05, 3.63) is 59.9 Å². The van der Waals surface area contributed by atoms with Crippen molar-refractivity contribution in [1.29, 1.82) is 0 Å². The van der Waals surface area contributed by atoms with E-state index in [1.807, 2.05) is 27.0 Å². The van der Waals surface area contributed by atoms with Gasteiger partial charge in [-0.05, 0) is 51.1 Å². The Balaban J connectivity index is 2.10. The summed E-state index contributed by atoms with van der Waals surface area (Å²) in [6.07, 6.45) is 5.03. The van der Waals surface area contributed by atoms with Gasteiger partial charge in [0.15, 0.2) is 0 Å². The van der Waals surface area contributed by atoms with Gasteiger partial charge in [0.05, 0.1) is 11.5 Å². The molecule has 0 amide bonds. The molecule has 0 fully saturated rings. The molecule has 4 heteroatoms. The summed E-state index contributed by atoms with van der Waals surface area (Å²) >= 11 is 0. The predicted molar refractivity (Wildman–Crippen MR) is 98.7 cm³/mol. The van der Waals surface area contributed by atoms with Gasteiger partial charge in [-0.3, -0.25) is 0 Å². The average molecular weight is 323 g/mol. The van der Waals surface area contributed by atoms with Crippen LogP contribution in [0, 0.1) is 0 Å². The number of nitrogens with zero attached hydrogens (tertiary/aromatic N) is 1. The van der Waals surface area contributed by atoms with E-state index in [9.17, 15) is 0 Å². The first-order chi connectivity index (χ1) is 11.7. The van der Waals surface area contributed by atoms with Gasteiger partial charge in [-0.1, -0.05) is 30.3 Å². The van der Waals surface area contributed by atoms with Crippen molar-refractivity contribution < 1.29 is 4.74 Å². The van der Waals surface area contributed by atoms with Crippen molar-refractivity contribution >= 4 is 11.0 Å². The van der Waals surface area contributed by atoms with E-state index in [-0.39, 0.29) is 6.10 Å². The van der Waals surface area contributed by atoms with Gasteiger partial charge in [-0.15, -0.1) is 0 Å². The molecule has 0 aliphatic heterocycles. The molecular formula is C20H25N3O. The molecular weight excluding hydrogens is 298 g/mol. The molecule has 1 unspecified atom stereocenters. The van der Waals surface area contributed by atoms with Gasteiger partial charge in [-0.25, -0.2) is 4.98 Å². The van der Waals surface area contributed by atoms with E-state index in [0.29, 0.717) is 5.92 Å². The highest BCUT2D eigenvalue weighted by atomic mass is 16.5. The van der Waals surface area contributed by atoms with Crippen LogP contribution in [0.4, 0.5) is 0 Å². The quantitative estimate of drug-likeness (QED) is 0.688. The molecule has 0 bridgehead atoms. The first-order valence-electron chi connectivity index (χ1n) is 8.53. The molecule has 126 valence electrons. The Labute approximate surface area is 143 Å². The minimum absolute atomic E-state index is 0.130. The van der Waals surface area contributed by atoms with Crippen molar-refractivity contribution in [3.8, 4) is 5.75 Å². The number of benzene rings is 1. The van der Waals surface area contributed by atoms with E-state index in [1.165, 1.54) is 11.1 Å². The molecule has 0 spiro atoms. The zero-order chi connectivity index (χ0) is 16.9. The third-order valence-corrected chi connectivity index (χ3v) is 4.19. The van der Waals surface area contributed by atoms with Gasteiger partial charge in [0.1, 0.15) is 11.4 Å². The van der Waals surface area contributed by atoms with Crippen LogP contribution < -0.4 is 10.1 Å².